The third-order valence-corrected chi connectivity index (χ3v) is 5.66. The lowest BCUT2D eigenvalue weighted by Gasteiger charge is -2.36. The van der Waals surface area contributed by atoms with E-state index in [1.807, 2.05) is 24.7 Å². The van der Waals surface area contributed by atoms with Gasteiger partial charge in [0, 0.05) is 44.3 Å². The van der Waals surface area contributed by atoms with Crippen LogP contribution < -0.4 is 11.1 Å². The summed E-state index contributed by atoms with van der Waals surface area (Å²) in [6.45, 7) is 3.18. The summed E-state index contributed by atoms with van der Waals surface area (Å²) in [7, 11) is 1.93. The highest BCUT2D eigenvalue weighted by Gasteiger charge is 2.37. The summed E-state index contributed by atoms with van der Waals surface area (Å²) >= 11 is 0. The minimum Gasteiger partial charge on any atom is -0.390 e. The smallest absolute Gasteiger partial charge is 0.317 e. The molecule has 0 bridgehead atoms. The normalized spacial score (nSPS) is 33.7. The van der Waals surface area contributed by atoms with Crippen LogP contribution in [0.15, 0.2) is 12.5 Å². The van der Waals surface area contributed by atoms with Crippen LogP contribution in [0.1, 0.15) is 50.6 Å². The highest BCUT2D eigenvalue weighted by molar-refractivity contribution is 5.75. The van der Waals surface area contributed by atoms with Gasteiger partial charge in [-0.3, -0.25) is 0 Å². The standard InChI is InChI=1S/C17H29N5O2/c1-3-17(24)6-4-12(5-7-17)20-16(23)22-8-13(14(18)9-22)15-10-21(2)11-19-15/h10-14,24H,3-9,18H2,1-2H3,(H,20,23)/t12?,13-,14-,17?/m1/s1. The molecular formula is C17H29N5O2. The maximum atomic E-state index is 12.5. The number of hydrogen-bond acceptors (Lipinski definition) is 4. The van der Waals surface area contributed by atoms with Crippen molar-refractivity contribution in [3.05, 3.63) is 18.2 Å². The lowest BCUT2D eigenvalue weighted by atomic mass is 9.80. The quantitative estimate of drug-likeness (QED) is 0.766. The zero-order chi connectivity index (χ0) is 17.3. The molecule has 1 aromatic heterocycles. The summed E-state index contributed by atoms with van der Waals surface area (Å²) in [5, 5.41) is 13.4. The lowest BCUT2D eigenvalue weighted by molar-refractivity contribution is -0.00615. The Hall–Kier alpha value is -1.60. The highest BCUT2D eigenvalue weighted by atomic mass is 16.3. The number of carbonyl (C=O) groups excluding carboxylic acids is 1. The summed E-state index contributed by atoms with van der Waals surface area (Å²) < 4.78 is 1.90. The molecule has 0 aromatic carbocycles. The Bertz CT molecular complexity index is 579. The molecule has 0 unspecified atom stereocenters. The van der Waals surface area contributed by atoms with Crippen LogP contribution in [0.25, 0.3) is 0 Å². The molecule has 1 saturated heterocycles. The first-order valence-electron chi connectivity index (χ1n) is 8.91. The molecule has 134 valence electrons. The van der Waals surface area contributed by atoms with E-state index in [1.54, 1.807) is 11.2 Å². The second-order valence-electron chi connectivity index (χ2n) is 7.44. The number of nitrogens with one attached hydrogen (secondary N) is 1. The van der Waals surface area contributed by atoms with Crippen molar-refractivity contribution in [2.75, 3.05) is 13.1 Å². The molecule has 24 heavy (non-hydrogen) atoms. The fourth-order valence-electron chi connectivity index (χ4n) is 3.85. The van der Waals surface area contributed by atoms with E-state index in [2.05, 4.69) is 10.3 Å². The van der Waals surface area contributed by atoms with Gasteiger partial charge in [0.2, 0.25) is 0 Å². The first kappa shape index (κ1) is 17.2. The molecule has 2 heterocycles. The average molecular weight is 335 g/mol. The lowest BCUT2D eigenvalue weighted by Crippen LogP contribution is -2.48. The number of imidazole rings is 1. The van der Waals surface area contributed by atoms with Gasteiger partial charge in [-0.1, -0.05) is 6.92 Å². The van der Waals surface area contributed by atoms with Gasteiger partial charge in [0.1, 0.15) is 0 Å². The monoisotopic (exact) mass is 335 g/mol. The number of aliphatic hydroxyl groups is 1. The molecule has 2 amide bonds. The summed E-state index contributed by atoms with van der Waals surface area (Å²) in [5.74, 6) is 0.0912. The van der Waals surface area contributed by atoms with Crippen LogP contribution in [0.4, 0.5) is 4.79 Å². The average Bonchev–Trinajstić information content (AvgIpc) is 3.15. The zero-order valence-electron chi connectivity index (χ0n) is 14.6. The number of aromatic nitrogens is 2. The van der Waals surface area contributed by atoms with Crippen molar-refractivity contribution in [2.45, 2.75) is 62.6 Å². The second-order valence-corrected chi connectivity index (χ2v) is 7.44. The maximum absolute atomic E-state index is 12.5. The minimum atomic E-state index is -0.540. The number of nitrogens with zero attached hydrogens (tertiary/aromatic N) is 3. The highest BCUT2D eigenvalue weighted by Crippen LogP contribution is 2.31. The number of amides is 2. The molecule has 7 heteroatoms. The van der Waals surface area contributed by atoms with Gasteiger partial charge in [0.15, 0.2) is 0 Å². The fourth-order valence-corrected chi connectivity index (χ4v) is 3.85. The Morgan fingerprint density at radius 3 is 2.75 bits per heavy atom. The fraction of sp³-hybridized carbons (Fsp3) is 0.765. The van der Waals surface area contributed by atoms with Crippen molar-refractivity contribution in [3.63, 3.8) is 0 Å². The van der Waals surface area contributed by atoms with Crippen LogP contribution in [0, 0.1) is 0 Å². The Kier molecular flexibility index (Phi) is 4.83. The number of rotatable bonds is 3. The molecule has 1 aromatic rings. The van der Waals surface area contributed by atoms with Gasteiger partial charge < -0.3 is 25.6 Å². The van der Waals surface area contributed by atoms with Crippen LogP contribution in [0.3, 0.4) is 0 Å². The molecule has 2 aliphatic rings. The molecule has 2 atom stereocenters. The van der Waals surface area contributed by atoms with E-state index in [1.165, 1.54) is 0 Å². The number of likely N-dealkylation sites (tertiary alicyclic amines) is 1. The van der Waals surface area contributed by atoms with Gasteiger partial charge in [-0.15, -0.1) is 0 Å². The van der Waals surface area contributed by atoms with Crippen molar-refractivity contribution < 1.29 is 9.90 Å². The summed E-state index contributed by atoms with van der Waals surface area (Å²) in [4.78, 5) is 18.7. The molecule has 4 N–H and O–H groups in total. The Labute approximate surface area is 143 Å². The summed E-state index contributed by atoms with van der Waals surface area (Å²) in [6, 6.07) is 0.0208. The molecule has 1 aliphatic heterocycles. The third kappa shape index (κ3) is 3.57. The van der Waals surface area contributed by atoms with Crippen LogP contribution >= 0.6 is 0 Å². The van der Waals surface area contributed by atoms with Crippen molar-refractivity contribution in [1.82, 2.24) is 19.8 Å². The molecule has 0 spiro atoms. The topological polar surface area (TPSA) is 96.4 Å². The van der Waals surface area contributed by atoms with Crippen LogP contribution in [0.5, 0.6) is 0 Å². The van der Waals surface area contributed by atoms with E-state index in [4.69, 9.17) is 5.73 Å². The van der Waals surface area contributed by atoms with E-state index >= 15 is 0 Å². The Morgan fingerprint density at radius 2 is 2.17 bits per heavy atom. The van der Waals surface area contributed by atoms with E-state index < -0.39 is 5.60 Å². The number of carbonyl (C=O) groups is 1. The van der Waals surface area contributed by atoms with Crippen molar-refractivity contribution >= 4 is 6.03 Å². The summed E-state index contributed by atoms with van der Waals surface area (Å²) in [5.41, 5.74) is 6.64. The van der Waals surface area contributed by atoms with Gasteiger partial charge in [0.25, 0.3) is 0 Å². The SMILES string of the molecule is CCC1(O)CCC(NC(=O)N2C[C@@H](N)[C@H](c3cn(C)cn3)C2)CC1. The van der Waals surface area contributed by atoms with Gasteiger partial charge >= 0.3 is 6.03 Å². The van der Waals surface area contributed by atoms with Gasteiger partial charge in [0.05, 0.1) is 17.6 Å². The molecular weight excluding hydrogens is 306 g/mol. The molecule has 3 rings (SSSR count). The van der Waals surface area contributed by atoms with Crippen molar-refractivity contribution in [2.24, 2.45) is 12.8 Å². The van der Waals surface area contributed by atoms with Crippen LogP contribution in [-0.4, -0.2) is 56.4 Å². The first-order chi connectivity index (χ1) is 11.4. The predicted octanol–water partition coefficient (Wildman–Crippen LogP) is 0.940. The summed E-state index contributed by atoms with van der Waals surface area (Å²) in [6.07, 6.45) is 7.69. The first-order valence-corrected chi connectivity index (χ1v) is 8.91. The Balaban J connectivity index is 1.53. The predicted molar refractivity (Wildman–Crippen MR) is 91.5 cm³/mol. The van der Waals surface area contributed by atoms with Crippen molar-refractivity contribution in [3.8, 4) is 0 Å². The Morgan fingerprint density at radius 1 is 1.46 bits per heavy atom. The number of urea groups is 1. The van der Waals surface area contributed by atoms with E-state index in [0.29, 0.717) is 13.1 Å². The van der Waals surface area contributed by atoms with E-state index in [-0.39, 0.29) is 24.0 Å². The van der Waals surface area contributed by atoms with Gasteiger partial charge in [-0.2, -0.15) is 0 Å². The van der Waals surface area contributed by atoms with Gasteiger partial charge in [-0.05, 0) is 32.1 Å². The number of hydrogen-bond donors (Lipinski definition) is 3. The molecule has 2 fully saturated rings. The van der Waals surface area contributed by atoms with E-state index in [9.17, 15) is 9.90 Å². The maximum Gasteiger partial charge on any atom is 0.317 e. The van der Waals surface area contributed by atoms with Crippen LogP contribution in [0.2, 0.25) is 0 Å². The minimum absolute atomic E-state index is 0.0455. The van der Waals surface area contributed by atoms with Gasteiger partial charge in [-0.25, -0.2) is 9.78 Å². The largest absolute Gasteiger partial charge is 0.390 e. The third-order valence-electron chi connectivity index (χ3n) is 5.66. The molecule has 7 nitrogen and oxygen atoms in total. The van der Waals surface area contributed by atoms with E-state index in [0.717, 1.165) is 37.8 Å². The second kappa shape index (κ2) is 6.72. The number of aryl methyl sites for hydroxylation is 1. The van der Waals surface area contributed by atoms with Crippen LogP contribution in [-0.2, 0) is 7.05 Å². The molecule has 0 radical (unpaired) electrons. The van der Waals surface area contributed by atoms with Crippen molar-refractivity contribution in [1.29, 1.82) is 0 Å². The molecule has 1 saturated carbocycles. The number of nitrogens with two attached hydrogens (primary N) is 1. The molecule has 1 aliphatic carbocycles. The zero-order valence-corrected chi connectivity index (χ0v) is 14.6.